The molecular formula is C11H16N4O. The fourth-order valence-corrected chi connectivity index (χ4v) is 1.73. The number of nitrogens with zero attached hydrogens (tertiary/aromatic N) is 3. The summed E-state index contributed by atoms with van der Waals surface area (Å²) < 4.78 is 0. The summed E-state index contributed by atoms with van der Waals surface area (Å²) in [5.41, 5.74) is 6.64. The van der Waals surface area contributed by atoms with E-state index >= 15 is 0 Å². The van der Waals surface area contributed by atoms with Crippen LogP contribution in [-0.2, 0) is 0 Å². The summed E-state index contributed by atoms with van der Waals surface area (Å²) >= 11 is 0. The average Bonchev–Trinajstić information content (AvgIpc) is 3.15. The van der Waals surface area contributed by atoms with Gasteiger partial charge in [-0.3, -0.25) is 4.98 Å². The Morgan fingerprint density at radius 2 is 2.19 bits per heavy atom. The Labute approximate surface area is 94.6 Å². The molecule has 1 aliphatic rings. The van der Waals surface area contributed by atoms with E-state index in [0.717, 1.165) is 12.2 Å². The molecule has 2 rings (SSSR count). The molecule has 1 saturated carbocycles. The van der Waals surface area contributed by atoms with Crippen molar-refractivity contribution in [3.05, 3.63) is 24.5 Å². The van der Waals surface area contributed by atoms with Gasteiger partial charge < -0.3 is 15.8 Å². The summed E-state index contributed by atoms with van der Waals surface area (Å²) in [5, 5.41) is 11.5. The fraction of sp³-hybridized carbons (Fsp3) is 0.455. The molecule has 5 nitrogen and oxygen atoms in total. The maximum Gasteiger partial charge on any atom is 0.140 e. The van der Waals surface area contributed by atoms with Gasteiger partial charge in [-0.25, -0.2) is 0 Å². The van der Waals surface area contributed by atoms with Crippen molar-refractivity contribution >= 4 is 11.5 Å². The lowest BCUT2D eigenvalue weighted by Gasteiger charge is -2.24. The van der Waals surface area contributed by atoms with Crippen molar-refractivity contribution in [1.82, 2.24) is 4.98 Å². The van der Waals surface area contributed by atoms with E-state index in [4.69, 9.17) is 10.9 Å². The van der Waals surface area contributed by atoms with Gasteiger partial charge in [-0.1, -0.05) is 5.16 Å². The Kier molecular flexibility index (Phi) is 3.24. The van der Waals surface area contributed by atoms with Crippen molar-refractivity contribution in [1.29, 1.82) is 0 Å². The van der Waals surface area contributed by atoms with E-state index in [0.29, 0.717) is 12.5 Å². The van der Waals surface area contributed by atoms with Crippen molar-refractivity contribution in [2.75, 3.05) is 11.4 Å². The molecule has 86 valence electrons. The van der Waals surface area contributed by atoms with E-state index in [1.165, 1.54) is 12.8 Å². The van der Waals surface area contributed by atoms with Gasteiger partial charge in [0.25, 0.3) is 0 Å². The molecule has 0 bridgehead atoms. The molecule has 1 aromatic heterocycles. The lowest BCUT2D eigenvalue weighted by molar-refractivity contribution is 0.317. The number of rotatable bonds is 5. The third-order valence-electron chi connectivity index (χ3n) is 2.72. The second-order valence-corrected chi connectivity index (χ2v) is 3.97. The van der Waals surface area contributed by atoms with Gasteiger partial charge in [-0.2, -0.15) is 0 Å². The topological polar surface area (TPSA) is 74.7 Å². The molecule has 0 saturated heterocycles. The third-order valence-corrected chi connectivity index (χ3v) is 2.72. The summed E-state index contributed by atoms with van der Waals surface area (Å²) in [5.74, 6) is 0.278. The first-order chi connectivity index (χ1) is 7.81. The molecule has 0 spiro atoms. The van der Waals surface area contributed by atoms with Crippen LogP contribution in [0.5, 0.6) is 0 Å². The number of nitrogens with two attached hydrogens (primary N) is 1. The first-order valence-electron chi connectivity index (χ1n) is 5.44. The lowest BCUT2D eigenvalue weighted by Crippen LogP contribution is -2.30. The number of aromatic nitrogens is 1. The lowest BCUT2D eigenvalue weighted by atomic mass is 10.3. The van der Waals surface area contributed by atoms with Crippen LogP contribution in [0.4, 0.5) is 5.69 Å². The first kappa shape index (κ1) is 10.7. The monoisotopic (exact) mass is 220 g/mol. The second kappa shape index (κ2) is 4.83. The summed E-state index contributed by atoms with van der Waals surface area (Å²) in [7, 11) is 0. The van der Waals surface area contributed by atoms with Gasteiger partial charge in [0.15, 0.2) is 0 Å². The molecule has 1 heterocycles. The zero-order valence-electron chi connectivity index (χ0n) is 9.08. The Bertz CT molecular complexity index is 362. The highest BCUT2D eigenvalue weighted by Gasteiger charge is 2.28. The molecule has 1 aromatic rings. The molecule has 0 radical (unpaired) electrons. The van der Waals surface area contributed by atoms with E-state index in [2.05, 4.69) is 15.0 Å². The normalized spacial score (nSPS) is 16.1. The van der Waals surface area contributed by atoms with Gasteiger partial charge in [-0.05, 0) is 25.0 Å². The summed E-state index contributed by atoms with van der Waals surface area (Å²) in [6.07, 6.45) is 6.59. The quantitative estimate of drug-likeness (QED) is 0.338. The average molecular weight is 220 g/mol. The summed E-state index contributed by atoms with van der Waals surface area (Å²) in [6, 6.07) is 4.59. The molecular weight excluding hydrogens is 204 g/mol. The molecule has 1 aliphatic carbocycles. The minimum Gasteiger partial charge on any atom is -0.409 e. The number of pyridine rings is 1. The second-order valence-electron chi connectivity index (χ2n) is 3.97. The van der Waals surface area contributed by atoms with E-state index in [9.17, 15) is 0 Å². The maximum atomic E-state index is 8.51. The minimum absolute atomic E-state index is 0.278. The molecule has 1 fully saturated rings. The molecule has 0 aliphatic heterocycles. The van der Waals surface area contributed by atoms with E-state index in [1.807, 2.05) is 12.1 Å². The van der Waals surface area contributed by atoms with Crippen molar-refractivity contribution in [3.63, 3.8) is 0 Å². The largest absolute Gasteiger partial charge is 0.409 e. The highest BCUT2D eigenvalue weighted by atomic mass is 16.4. The van der Waals surface area contributed by atoms with Gasteiger partial charge in [0.05, 0.1) is 0 Å². The molecule has 0 amide bonds. The summed E-state index contributed by atoms with van der Waals surface area (Å²) in [6.45, 7) is 0.782. The van der Waals surface area contributed by atoms with Crippen LogP contribution in [0.3, 0.4) is 0 Å². The van der Waals surface area contributed by atoms with Crippen molar-refractivity contribution in [3.8, 4) is 0 Å². The van der Waals surface area contributed by atoms with Gasteiger partial charge >= 0.3 is 0 Å². The van der Waals surface area contributed by atoms with Gasteiger partial charge in [-0.15, -0.1) is 0 Å². The van der Waals surface area contributed by atoms with Crippen molar-refractivity contribution in [2.45, 2.75) is 25.3 Å². The Hall–Kier alpha value is -1.78. The number of oxime groups is 1. The molecule has 0 unspecified atom stereocenters. The maximum absolute atomic E-state index is 8.51. The van der Waals surface area contributed by atoms with Crippen LogP contribution in [0.2, 0.25) is 0 Å². The Morgan fingerprint density at radius 1 is 1.50 bits per heavy atom. The van der Waals surface area contributed by atoms with Crippen LogP contribution >= 0.6 is 0 Å². The molecule has 0 atom stereocenters. The van der Waals surface area contributed by atoms with E-state index in [1.54, 1.807) is 12.4 Å². The highest BCUT2D eigenvalue weighted by molar-refractivity contribution is 5.80. The third kappa shape index (κ3) is 2.62. The molecule has 3 N–H and O–H groups in total. The number of hydrogen-bond donors (Lipinski definition) is 2. The van der Waals surface area contributed by atoms with Gasteiger partial charge in [0, 0.05) is 37.1 Å². The van der Waals surface area contributed by atoms with Gasteiger partial charge in [0.1, 0.15) is 5.84 Å². The van der Waals surface area contributed by atoms with Crippen LogP contribution in [0.15, 0.2) is 29.7 Å². The van der Waals surface area contributed by atoms with Gasteiger partial charge in [0.2, 0.25) is 0 Å². The number of hydrogen-bond acceptors (Lipinski definition) is 4. The Morgan fingerprint density at radius 3 is 2.75 bits per heavy atom. The Balaban J connectivity index is 2.01. The number of amidine groups is 1. The smallest absolute Gasteiger partial charge is 0.140 e. The van der Waals surface area contributed by atoms with Crippen LogP contribution < -0.4 is 10.6 Å². The molecule has 16 heavy (non-hydrogen) atoms. The van der Waals surface area contributed by atoms with Crippen LogP contribution in [-0.4, -0.2) is 28.6 Å². The van der Waals surface area contributed by atoms with Crippen molar-refractivity contribution < 1.29 is 5.21 Å². The summed E-state index contributed by atoms with van der Waals surface area (Å²) in [4.78, 5) is 6.30. The number of anilines is 1. The van der Waals surface area contributed by atoms with Crippen LogP contribution in [0.25, 0.3) is 0 Å². The zero-order chi connectivity index (χ0) is 11.4. The predicted octanol–water partition coefficient (Wildman–Crippen LogP) is 1.19. The zero-order valence-corrected chi connectivity index (χ0v) is 9.08. The fourth-order valence-electron chi connectivity index (χ4n) is 1.73. The van der Waals surface area contributed by atoms with Crippen molar-refractivity contribution in [2.24, 2.45) is 10.9 Å². The SMILES string of the molecule is NC(CCN(c1ccncc1)C1CC1)=NO. The molecule has 5 heteroatoms. The van der Waals surface area contributed by atoms with Crippen LogP contribution in [0, 0.1) is 0 Å². The highest BCUT2D eigenvalue weighted by Crippen LogP contribution is 2.31. The predicted molar refractivity (Wildman–Crippen MR) is 62.6 cm³/mol. The van der Waals surface area contributed by atoms with Crippen LogP contribution in [0.1, 0.15) is 19.3 Å². The standard InChI is InChI=1S/C11H16N4O/c12-11(14-16)5-8-15(9-1-2-9)10-3-6-13-7-4-10/h3-4,6-7,9,16H,1-2,5,8H2,(H2,12,14). The minimum atomic E-state index is 0.278. The molecule has 0 aromatic carbocycles. The van der Waals surface area contributed by atoms with E-state index < -0.39 is 0 Å². The van der Waals surface area contributed by atoms with E-state index in [-0.39, 0.29) is 5.84 Å². The first-order valence-corrected chi connectivity index (χ1v) is 5.44.